The van der Waals surface area contributed by atoms with Crippen molar-refractivity contribution in [1.29, 1.82) is 0 Å². The van der Waals surface area contributed by atoms with Gasteiger partial charge in [0.1, 0.15) is 17.6 Å². The number of aromatic nitrogens is 1. The number of carbonyl (C=O) groups excluding carboxylic acids is 1. The third kappa shape index (κ3) is 2.99. The second-order valence-electron chi connectivity index (χ2n) is 4.51. The molecule has 106 valence electrons. The van der Waals surface area contributed by atoms with E-state index in [4.69, 9.17) is 4.74 Å². The second-order valence-corrected chi connectivity index (χ2v) is 4.51. The van der Waals surface area contributed by atoms with Gasteiger partial charge in [0, 0.05) is 18.1 Å². The molecule has 0 saturated heterocycles. The van der Waals surface area contributed by atoms with E-state index in [9.17, 15) is 4.79 Å². The minimum atomic E-state index is -0.348. The molecule has 1 aromatic heterocycles. The highest BCUT2D eigenvalue weighted by molar-refractivity contribution is 5.94. The molecule has 2 N–H and O–H groups in total. The number of carbonyl (C=O) groups is 1. The number of hydrogen-bond acceptors (Lipinski definition) is 4. The zero-order valence-corrected chi connectivity index (χ0v) is 11.9. The maximum absolute atomic E-state index is 11.8. The third-order valence-corrected chi connectivity index (χ3v) is 3.07. The normalized spacial score (nSPS) is 11.9. The van der Waals surface area contributed by atoms with Crippen LogP contribution in [0.15, 0.2) is 30.5 Å². The molecule has 1 atom stereocenters. The number of nitrogens with one attached hydrogen (secondary N) is 2. The largest absolute Gasteiger partial charge is 0.497 e. The molecule has 0 aliphatic rings. The number of benzene rings is 1. The zero-order chi connectivity index (χ0) is 14.5. The van der Waals surface area contributed by atoms with Crippen LogP contribution in [0.5, 0.6) is 5.75 Å². The van der Waals surface area contributed by atoms with Crippen LogP contribution in [0.25, 0.3) is 10.8 Å². The topological polar surface area (TPSA) is 63.2 Å². The quantitative estimate of drug-likeness (QED) is 0.876. The Labute approximate surface area is 118 Å². The van der Waals surface area contributed by atoms with Crippen LogP contribution in [0.2, 0.25) is 0 Å². The molecule has 2 rings (SSSR count). The van der Waals surface area contributed by atoms with E-state index in [1.54, 1.807) is 13.3 Å². The maximum atomic E-state index is 11.8. The fourth-order valence-corrected chi connectivity index (χ4v) is 1.99. The van der Waals surface area contributed by atoms with E-state index in [0.29, 0.717) is 12.4 Å². The standard InChI is InChI=1S/C15H19N3O2/c1-4-16-15(19)10(2)18-14-13-9-12(20-3)6-5-11(13)7-8-17-14/h5-10H,4H2,1-3H3,(H,16,19)(H,17,18). The van der Waals surface area contributed by atoms with Crippen molar-refractivity contribution in [2.45, 2.75) is 19.9 Å². The van der Waals surface area contributed by atoms with Crippen molar-refractivity contribution >= 4 is 22.5 Å². The number of methoxy groups -OCH3 is 1. The Morgan fingerprint density at radius 1 is 1.40 bits per heavy atom. The summed E-state index contributed by atoms with van der Waals surface area (Å²) in [5.74, 6) is 1.40. The van der Waals surface area contributed by atoms with Gasteiger partial charge in [0.15, 0.2) is 0 Å². The monoisotopic (exact) mass is 273 g/mol. The van der Waals surface area contributed by atoms with Gasteiger partial charge in [-0.15, -0.1) is 0 Å². The van der Waals surface area contributed by atoms with Crippen molar-refractivity contribution in [2.75, 3.05) is 19.0 Å². The van der Waals surface area contributed by atoms with E-state index < -0.39 is 0 Å². The first-order valence-electron chi connectivity index (χ1n) is 6.62. The van der Waals surface area contributed by atoms with Crippen molar-refractivity contribution in [3.05, 3.63) is 30.5 Å². The van der Waals surface area contributed by atoms with Crippen molar-refractivity contribution in [2.24, 2.45) is 0 Å². The van der Waals surface area contributed by atoms with Gasteiger partial charge >= 0.3 is 0 Å². The number of likely N-dealkylation sites (N-methyl/N-ethyl adjacent to an activating group) is 1. The lowest BCUT2D eigenvalue weighted by atomic mass is 10.1. The van der Waals surface area contributed by atoms with E-state index in [1.807, 2.05) is 38.1 Å². The molecule has 0 aliphatic carbocycles. The third-order valence-electron chi connectivity index (χ3n) is 3.07. The van der Waals surface area contributed by atoms with E-state index in [1.165, 1.54) is 0 Å². The summed E-state index contributed by atoms with van der Waals surface area (Å²) in [5.41, 5.74) is 0. The molecule has 0 saturated carbocycles. The van der Waals surface area contributed by atoms with E-state index in [0.717, 1.165) is 16.5 Å². The molecular formula is C15H19N3O2. The molecular weight excluding hydrogens is 254 g/mol. The molecule has 2 aromatic rings. The highest BCUT2D eigenvalue weighted by Gasteiger charge is 2.13. The van der Waals surface area contributed by atoms with Crippen LogP contribution >= 0.6 is 0 Å². The summed E-state index contributed by atoms with van der Waals surface area (Å²) in [6.45, 7) is 4.32. The molecule has 0 spiro atoms. The number of fused-ring (bicyclic) bond motifs is 1. The molecule has 0 aliphatic heterocycles. The van der Waals surface area contributed by atoms with Crippen LogP contribution in [-0.2, 0) is 4.79 Å². The van der Waals surface area contributed by atoms with E-state index >= 15 is 0 Å². The van der Waals surface area contributed by atoms with Crippen LogP contribution < -0.4 is 15.4 Å². The summed E-state index contributed by atoms with van der Waals surface area (Å²) in [4.78, 5) is 16.1. The Bertz CT molecular complexity index is 613. The summed E-state index contributed by atoms with van der Waals surface area (Å²) < 4.78 is 5.23. The molecule has 1 unspecified atom stereocenters. The lowest BCUT2D eigenvalue weighted by Gasteiger charge is -2.15. The molecule has 0 bridgehead atoms. The van der Waals surface area contributed by atoms with Gasteiger partial charge < -0.3 is 15.4 Å². The van der Waals surface area contributed by atoms with Gasteiger partial charge in [0.05, 0.1) is 7.11 Å². The van der Waals surface area contributed by atoms with Gasteiger partial charge in [0.25, 0.3) is 0 Å². The minimum Gasteiger partial charge on any atom is -0.497 e. The molecule has 0 fully saturated rings. The average molecular weight is 273 g/mol. The number of anilines is 1. The lowest BCUT2D eigenvalue weighted by molar-refractivity contribution is -0.121. The predicted molar refractivity (Wildman–Crippen MR) is 80.1 cm³/mol. The Morgan fingerprint density at radius 2 is 2.20 bits per heavy atom. The van der Waals surface area contributed by atoms with Crippen LogP contribution in [0.4, 0.5) is 5.82 Å². The average Bonchev–Trinajstić information content (AvgIpc) is 2.47. The van der Waals surface area contributed by atoms with Crippen molar-refractivity contribution in [3.8, 4) is 5.75 Å². The first-order chi connectivity index (χ1) is 9.65. The van der Waals surface area contributed by atoms with Crippen LogP contribution in [-0.4, -0.2) is 30.6 Å². The van der Waals surface area contributed by atoms with Crippen molar-refractivity contribution in [3.63, 3.8) is 0 Å². The molecule has 5 nitrogen and oxygen atoms in total. The maximum Gasteiger partial charge on any atom is 0.242 e. The number of pyridine rings is 1. The van der Waals surface area contributed by atoms with Gasteiger partial charge in [0.2, 0.25) is 5.91 Å². The van der Waals surface area contributed by atoms with Gasteiger partial charge in [-0.2, -0.15) is 0 Å². The first-order valence-corrected chi connectivity index (χ1v) is 6.62. The minimum absolute atomic E-state index is 0.0470. The fourth-order valence-electron chi connectivity index (χ4n) is 1.99. The number of rotatable bonds is 5. The smallest absolute Gasteiger partial charge is 0.242 e. The van der Waals surface area contributed by atoms with Gasteiger partial charge in [-0.1, -0.05) is 6.07 Å². The summed E-state index contributed by atoms with van der Waals surface area (Å²) in [6, 6.07) is 7.36. The predicted octanol–water partition coefficient (Wildman–Crippen LogP) is 2.18. The van der Waals surface area contributed by atoms with E-state index in [-0.39, 0.29) is 11.9 Å². The number of ether oxygens (including phenoxy) is 1. The summed E-state index contributed by atoms with van der Waals surface area (Å²) in [6.07, 6.45) is 1.72. The summed E-state index contributed by atoms with van der Waals surface area (Å²) >= 11 is 0. The van der Waals surface area contributed by atoms with Crippen LogP contribution in [0.3, 0.4) is 0 Å². The fraction of sp³-hybridized carbons (Fsp3) is 0.333. The number of amides is 1. The molecule has 0 radical (unpaired) electrons. The number of hydrogen-bond donors (Lipinski definition) is 2. The van der Waals surface area contributed by atoms with Crippen LogP contribution in [0.1, 0.15) is 13.8 Å². The Morgan fingerprint density at radius 3 is 2.90 bits per heavy atom. The highest BCUT2D eigenvalue weighted by Crippen LogP contribution is 2.26. The summed E-state index contributed by atoms with van der Waals surface area (Å²) in [7, 11) is 1.63. The second kappa shape index (κ2) is 6.23. The highest BCUT2D eigenvalue weighted by atomic mass is 16.5. The lowest BCUT2D eigenvalue weighted by Crippen LogP contribution is -2.37. The Balaban J connectivity index is 2.31. The molecule has 1 amide bonds. The van der Waals surface area contributed by atoms with E-state index in [2.05, 4.69) is 15.6 Å². The Hall–Kier alpha value is -2.30. The van der Waals surface area contributed by atoms with Gasteiger partial charge in [-0.3, -0.25) is 4.79 Å². The van der Waals surface area contributed by atoms with Crippen molar-refractivity contribution < 1.29 is 9.53 Å². The van der Waals surface area contributed by atoms with Crippen molar-refractivity contribution in [1.82, 2.24) is 10.3 Å². The zero-order valence-electron chi connectivity index (χ0n) is 11.9. The SMILES string of the molecule is CCNC(=O)C(C)Nc1nccc2ccc(OC)cc12. The van der Waals surface area contributed by atoms with Crippen LogP contribution in [0, 0.1) is 0 Å². The summed E-state index contributed by atoms with van der Waals surface area (Å²) in [5, 5.41) is 7.91. The number of nitrogens with zero attached hydrogens (tertiary/aromatic N) is 1. The van der Waals surface area contributed by atoms with Gasteiger partial charge in [-0.05, 0) is 37.4 Å². The molecule has 5 heteroatoms. The van der Waals surface area contributed by atoms with Gasteiger partial charge in [-0.25, -0.2) is 4.98 Å². The molecule has 1 heterocycles. The molecule has 20 heavy (non-hydrogen) atoms. The Kier molecular flexibility index (Phi) is 4.40. The first kappa shape index (κ1) is 14.1. The molecule has 1 aromatic carbocycles.